The Morgan fingerprint density at radius 1 is 0.970 bits per heavy atom. The van der Waals surface area contributed by atoms with Gasteiger partial charge in [-0.3, -0.25) is 9.59 Å². The summed E-state index contributed by atoms with van der Waals surface area (Å²) < 4.78 is 13.4. The van der Waals surface area contributed by atoms with E-state index in [9.17, 15) is 14.0 Å². The number of rotatable bonds is 10. The van der Waals surface area contributed by atoms with Crippen LogP contribution in [0, 0.1) is 5.82 Å². The fraction of sp³-hybridized carbons (Fsp3) is 0.231. The van der Waals surface area contributed by atoms with Crippen molar-refractivity contribution in [3.05, 3.63) is 101 Å². The van der Waals surface area contributed by atoms with Crippen molar-refractivity contribution >= 4 is 35.2 Å². The first-order valence-electron chi connectivity index (χ1n) is 10.7. The Balaban J connectivity index is 1.87. The van der Waals surface area contributed by atoms with Crippen LogP contribution in [0.2, 0.25) is 5.02 Å². The summed E-state index contributed by atoms with van der Waals surface area (Å²) in [4.78, 5) is 29.0. The molecule has 1 N–H and O–H groups in total. The lowest BCUT2D eigenvalue weighted by Gasteiger charge is -2.31. The fourth-order valence-corrected chi connectivity index (χ4v) is 4.30. The Labute approximate surface area is 203 Å². The molecule has 0 aromatic heterocycles. The molecule has 4 nitrogen and oxygen atoms in total. The molecule has 1 unspecified atom stereocenters. The van der Waals surface area contributed by atoms with Gasteiger partial charge < -0.3 is 10.2 Å². The molecule has 0 saturated carbocycles. The summed E-state index contributed by atoms with van der Waals surface area (Å²) in [5, 5.41) is 3.49. The number of nitrogens with zero attached hydrogens (tertiary/aromatic N) is 1. The number of amides is 2. The normalized spacial score (nSPS) is 11.6. The molecule has 3 rings (SSSR count). The minimum atomic E-state index is -0.698. The zero-order chi connectivity index (χ0) is 23.6. The van der Waals surface area contributed by atoms with Crippen LogP contribution in [-0.2, 0) is 22.6 Å². The third-order valence-corrected chi connectivity index (χ3v) is 6.31. The van der Waals surface area contributed by atoms with Crippen molar-refractivity contribution in [2.45, 2.75) is 30.8 Å². The van der Waals surface area contributed by atoms with Crippen LogP contribution in [-0.4, -0.2) is 35.1 Å². The van der Waals surface area contributed by atoms with Gasteiger partial charge in [-0.1, -0.05) is 54.1 Å². The summed E-state index contributed by atoms with van der Waals surface area (Å²) in [6.45, 7) is 2.51. The third-order valence-electron chi connectivity index (χ3n) is 5.06. The van der Waals surface area contributed by atoms with Gasteiger partial charge in [-0.25, -0.2) is 4.39 Å². The third kappa shape index (κ3) is 7.62. The molecular weight excluding hydrogens is 459 g/mol. The summed E-state index contributed by atoms with van der Waals surface area (Å²) in [6.07, 6.45) is 0.380. The van der Waals surface area contributed by atoms with Crippen molar-refractivity contribution in [1.29, 1.82) is 0 Å². The Hall–Kier alpha value is -2.83. The molecule has 172 valence electrons. The minimum Gasteiger partial charge on any atom is -0.355 e. The number of hydrogen-bond donors (Lipinski definition) is 1. The quantitative estimate of drug-likeness (QED) is 0.395. The molecule has 3 aromatic carbocycles. The van der Waals surface area contributed by atoms with Gasteiger partial charge in [-0.05, 0) is 54.4 Å². The molecule has 0 bridgehead atoms. The van der Waals surface area contributed by atoms with Crippen molar-refractivity contribution in [1.82, 2.24) is 10.2 Å². The number of hydrogen-bond acceptors (Lipinski definition) is 3. The standard InChI is InChI=1S/C26H26ClFN2O2S/c1-2-29-26(32)24(16-19-6-4-3-5-7-19)30(17-20-8-12-22(28)13-9-20)25(31)18-33-23-14-10-21(27)11-15-23/h3-15,24H,2,16-18H2,1H3,(H,29,32). The van der Waals surface area contributed by atoms with E-state index in [0.717, 1.165) is 16.0 Å². The van der Waals surface area contributed by atoms with Gasteiger partial charge in [0.1, 0.15) is 11.9 Å². The summed E-state index contributed by atoms with van der Waals surface area (Å²) in [5.74, 6) is -0.577. The smallest absolute Gasteiger partial charge is 0.243 e. The molecule has 0 fully saturated rings. The van der Waals surface area contributed by atoms with Crippen molar-refractivity contribution in [3.63, 3.8) is 0 Å². The van der Waals surface area contributed by atoms with Gasteiger partial charge in [-0.15, -0.1) is 11.8 Å². The lowest BCUT2D eigenvalue weighted by atomic mass is 10.0. The van der Waals surface area contributed by atoms with Crippen LogP contribution in [0.25, 0.3) is 0 Å². The van der Waals surface area contributed by atoms with E-state index >= 15 is 0 Å². The first-order valence-corrected chi connectivity index (χ1v) is 12.1. The monoisotopic (exact) mass is 484 g/mol. The second-order valence-corrected chi connectivity index (χ2v) is 8.98. The molecule has 0 radical (unpaired) electrons. The van der Waals surface area contributed by atoms with E-state index in [1.807, 2.05) is 49.4 Å². The topological polar surface area (TPSA) is 49.4 Å². The molecule has 0 spiro atoms. The zero-order valence-electron chi connectivity index (χ0n) is 18.3. The average molecular weight is 485 g/mol. The SMILES string of the molecule is CCNC(=O)C(Cc1ccccc1)N(Cc1ccc(F)cc1)C(=O)CSc1ccc(Cl)cc1. The summed E-state index contributed by atoms with van der Waals surface area (Å²) in [5.41, 5.74) is 1.71. The number of thioether (sulfide) groups is 1. The van der Waals surface area contributed by atoms with Crippen molar-refractivity contribution < 1.29 is 14.0 Å². The maximum Gasteiger partial charge on any atom is 0.243 e. The molecule has 2 amide bonds. The molecule has 0 aliphatic carbocycles. The van der Waals surface area contributed by atoms with Gasteiger partial charge in [-0.2, -0.15) is 0 Å². The predicted octanol–water partition coefficient (Wildman–Crippen LogP) is 5.35. The van der Waals surface area contributed by atoms with E-state index in [-0.39, 0.29) is 29.9 Å². The number of likely N-dealkylation sites (N-methyl/N-ethyl adjacent to an activating group) is 1. The highest BCUT2D eigenvalue weighted by molar-refractivity contribution is 8.00. The van der Waals surface area contributed by atoms with Crippen molar-refractivity contribution in [2.75, 3.05) is 12.3 Å². The summed E-state index contributed by atoms with van der Waals surface area (Å²) in [7, 11) is 0. The van der Waals surface area contributed by atoms with Gasteiger partial charge in [0.25, 0.3) is 0 Å². The van der Waals surface area contributed by atoms with Gasteiger partial charge in [0.15, 0.2) is 0 Å². The van der Waals surface area contributed by atoms with Gasteiger partial charge in [0.2, 0.25) is 11.8 Å². The van der Waals surface area contributed by atoms with Crippen LogP contribution in [0.1, 0.15) is 18.1 Å². The molecule has 0 aliphatic rings. The van der Waals surface area contributed by atoms with E-state index in [4.69, 9.17) is 11.6 Å². The van der Waals surface area contributed by atoms with Crippen LogP contribution >= 0.6 is 23.4 Å². The lowest BCUT2D eigenvalue weighted by Crippen LogP contribution is -2.51. The van der Waals surface area contributed by atoms with E-state index in [1.165, 1.54) is 23.9 Å². The first-order chi connectivity index (χ1) is 16.0. The Bertz CT molecular complexity index is 1050. The van der Waals surface area contributed by atoms with Gasteiger partial charge in [0, 0.05) is 29.4 Å². The van der Waals surface area contributed by atoms with Crippen molar-refractivity contribution in [3.8, 4) is 0 Å². The van der Waals surface area contributed by atoms with E-state index in [1.54, 1.807) is 29.2 Å². The fourth-order valence-electron chi connectivity index (χ4n) is 3.39. The molecule has 0 heterocycles. The number of carbonyl (C=O) groups is 2. The number of carbonyl (C=O) groups excluding carboxylic acids is 2. The van der Waals surface area contributed by atoms with E-state index in [0.29, 0.717) is 18.0 Å². The lowest BCUT2D eigenvalue weighted by molar-refractivity contribution is -0.139. The van der Waals surface area contributed by atoms with Crippen LogP contribution in [0.15, 0.2) is 83.8 Å². The summed E-state index contributed by atoms with van der Waals surface area (Å²) in [6, 6.07) is 22.2. The second-order valence-electron chi connectivity index (χ2n) is 7.49. The molecular formula is C26H26ClFN2O2S. The molecule has 1 atom stereocenters. The number of nitrogens with one attached hydrogen (secondary N) is 1. The van der Waals surface area contributed by atoms with Crippen LogP contribution in [0.5, 0.6) is 0 Å². The zero-order valence-corrected chi connectivity index (χ0v) is 19.9. The van der Waals surface area contributed by atoms with Gasteiger partial charge in [0.05, 0.1) is 5.75 Å². The average Bonchev–Trinajstić information content (AvgIpc) is 2.82. The Morgan fingerprint density at radius 2 is 1.64 bits per heavy atom. The second kappa shape index (κ2) is 12.4. The molecule has 33 heavy (non-hydrogen) atoms. The first kappa shape index (κ1) is 24.8. The van der Waals surface area contributed by atoms with E-state index < -0.39 is 6.04 Å². The number of halogens is 2. The highest BCUT2D eigenvalue weighted by atomic mass is 35.5. The minimum absolute atomic E-state index is 0.160. The Morgan fingerprint density at radius 3 is 2.27 bits per heavy atom. The predicted molar refractivity (Wildman–Crippen MR) is 132 cm³/mol. The molecule has 3 aromatic rings. The molecule has 0 saturated heterocycles. The van der Waals surface area contributed by atoms with Crippen molar-refractivity contribution in [2.24, 2.45) is 0 Å². The van der Waals surface area contributed by atoms with Crippen LogP contribution in [0.3, 0.4) is 0 Å². The molecule has 0 aliphatic heterocycles. The summed E-state index contributed by atoms with van der Waals surface area (Å²) >= 11 is 7.34. The Kier molecular flexibility index (Phi) is 9.34. The maximum absolute atomic E-state index is 13.4. The highest BCUT2D eigenvalue weighted by Crippen LogP contribution is 2.23. The largest absolute Gasteiger partial charge is 0.355 e. The highest BCUT2D eigenvalue weighted by Gasteiger charge is 2.30. The number of benzene rings is 3. The molecule has 7 heteroatoms. The maximum atomic E-state index is 13.4. The van der Waals surface area contributed by atoms with Crippen LogP contribution < -0.4 is 5.32 Å². The van der Waals surface area contributed by atoms with Crippen LogP contribution in [0.4, 0.5) is 4.39 Å². The van der Waals surface area contributed by atoms with Gasteiger partial charge >= 0.3 is 0 Å². The van der Waals surface area contributed by atoms with E-state index in [2.05, 4.69) is 5.32 Å².